The van der Waals surface area contributed by atoms with E-state index in [1.807, 2.05) is 24.3 Å². The first-order chi connectivity index (χ1) is 8.83. The Hall–Kier alpha value is -1.54. The van der Waals surface area contributed by atoms with Crippen molar-refractivity contribution in [2.24, 2.45) is 5.73 Å². The van der Waals surface area contributed by atoms with Gasteiger partial charge in [0.2, 0.25) is 0 Å². The van der Waals surface area contributed by atoms with E-state index in [1.165, 1.54) is 12.8 Å². The third-order valence-electron chi connectivity index (χ3n) is 3.33. The van der Waals surface area contributed by atoms with Crippen molar-refractivity contribution in [1.29, 1.82) is 0 Å². The second-order valence-electron chi connectivity index (χ2n) is 4.72. The lowest BCUT2D eigenvalue weighted by atomic mass is 10.0. The predicted octanol–water partition coefficient (Wildman–Crippen LogP) is 4.57. The Labute approximate surface area is 108 Å². The molecule has 1 aromatic carbocycles. The van der Waals surface area contributed by atoms with Gasteiger partial charge in [-0.1, -0.05) is 37.1 Å². The van der Waals surface area contributed by atoms with E-state index in [9.17, 15) is 0 Å². The highest BCUT2D eigenvalue weighted by molar-refractivity contribution is 5.81. The molecule has 0 amide bonds. The molecule has 2 aromatic rings. The van der Waals surface area contributed by atoms with E-state index in [1.54, 1.807) is 6.26 Å². The number of benzene rings is 1. The monoisotopic (exact) mass is 243 g/mol. The molecule has 1 heterocycles. The van der Waals surface area contributed by atoms with Gasteiger partial charge in [0.15, 0.2) is 0 Å². The summed E-state index contributed by atoms with van der Waals surface area (Å²) in [4.78, 5) is 0. The van der Waals surface area contributed by atoms with Crippen LogP contribution in [0.4, 0.5) is 0 Å². The zero-order chi connectivity index (χ0) is 12.8. The molecule has 0 spiro atoms. The number of unbranched alkanes of at least 4 members (excludes halogenated alkanes) is 3. The third kappa shape index (κ3) is 3.02. The highest BCUT2D eigenvalue weighted by Crippen LogP contribution is 2.27. The zero-order valence-corrected chi connectivity index (χ0v) is 10.8. The van der Waals surface area contributed by atoms with Crippen molar-refractivity contribution in [3.63, 3.8) is 0 Å². The average Bonchev–Trinajstić information content (AvgIpc) is 2.82. The van der Waals surface area contributed by atoms with Crippen LogP contribution in [0.15, 0.2) is 47.6 Å². The SMILES string of the molecule is C=CCCCCCC(N)c1coc2ccccc12. The van der Waals surface area contributed by atoms with Gasteiger partial charge in [-0.25, -0.2) is 0 Å². The summed E-state index contributed by atoms with van der Waals surface area (Å²) in [6.45, 7) is 3.73. The number of allylic oxidation sites excluding steroid dienone is 1. The molecule has 1 aromatic heterocycles. The second-order valence-corrected chi connectivity index (χ2v) is 4.72. The number of nitrogens with two attached hydrogens (primary N) is 1. The molecule has 0 aliphatic rings. The fourth-order valence-corrected chi connectivity index (χ4v) is 2.27. The van der Waals surface area contributed by atoms with Crippen LogP contribution in [0.5, 0.6) is 0 Å². The van der Waals surface area contributed by atoms with E-state index >= 15 is 0 Å². The number of rotatable bonds is 7. The molecule has 0 fully saturated rings. The molecule has 0 aliphatic carbocycles. The predicted molar refractivity (Wildman–Crippen MR) is 76.4 cm³/mol. The van der Waals surface area contributed by atoms with Gasteiger partial charge in [0.1, 0.15) is 5.58 Å². The number of hydrogen-bond acceptors (Lipinski definition) is 2. The van der Waals surface area contributed by atoms with Crippen LogP contribution < -0.4 is 5.73 Å². The highest BCUT2D eigenvalue weighted by atomic mass is 16.3. The second kappa shape index (κ2) is 6.41. The van der Waals surface area contributed by atoms with Crippen molar-refractivity contribution in [3.05, 3.63) is 48.7 Å². The number of hydrogen-bond donors (Lipinski definition) is 1. The fourth-order valence-electron chi connectivity index (χ4n) is 2.27. The first-order valence-electron chi connectivity index (χ1n) is 6.65. The van der Waals surface area contributed by atoms with Gasteiger partial charge >= 0.3 is 0 Å². The average molecular weight is 243 g/mol. The maximum Gasteiger partial charge on any atom is 0.134 e. The van der Waals surface area contributed by atoms with E-state index in [2.05, 4.69) is 12.6 Å². The Morgan fingerprint density at radius 1 is 1.22 bits per heavy atom. The molecule has 0 bridgehead atoms. The molecular formula is C16H21NO. The summed E-state index contributed by atoms with van der Waals surface area (Å²) < 4.78 is 5.52. The summed E-state index contributed by atoms with van der Waals surface area (Å²) in [5.41, 5.74) is 8.30. The molecule has 96 valence electrons. The molecule has 2 N–H and O–H groups in total. The summed E-state index contributed by atoms with van der Waals surface area (Å²) in [5, 5.41) is 1.15. The molecule has 18 heavy (non-hydrogen) atoms. The van der Waals surface area contributed by atoms with Crippen LogP contribution >= 0.6 is 0 Å². The summed E-state index contributed by atoms with van der Waals surface area (Å²) in [6.07, 6.45) is 9.49. The molecule has 2 heteroatoms. The number of para-hydroxylation sites is 1. The lowest BCUT2D eigenvalue weighted by Crippen LogP contribution is -2.09. The van der Waals surface area contributed by atoms with Crippen LogP contribution in [0.25, 0.3) is 11.0 Å². The van der Waals surface area contributed by atoms with Crippen molar-refractivity contribution < 1.29 is 4.42 Å². The van der Waals surface area contributed by atoms with Crippen molar-refractivity contribution in [1.82, 2.24) is 0 Å². The van der Waals surface area contributed by atoms with Crippen molar-refractivity contribution >= 4 is 11.0 Å². The van der Waals surface area contributed by atoms with Gasteiger partial charge in [-0.3, -0.25) is 0 Å². The van der Waals surface area contributed by atoms with Crippen LogP contribution in [0, 0.1) is 0 Å². The van der Waals surface area contributed by atoms with Crippen LogP contribution in [0.1, 0.15) is 43.7 Å². The van der Waals surface area contributed by atoms with Crippen LogP contribution in [0.2, 0.25) is 0 Å². The molecule has 2 rings (SSSR count). The lowest BCUT2D eigenvalue weighted by Gasteiger charge is -2.09. The van der Waals surface area contributed by atoms with E-state index in [-0.39, 0.29) is 6.04 Å². The minimum absolute atomic E-state index is 0.0809. The Morgan fingerprint density at radius 2 is 2.06 bits per heavy atom. The first kappa shape index (κ1) is 12.9. The topological polar surface area (TPSA) is 39.2 Å². The van der Waals surface area contributed by atoms with Crippen LogP contribution in [-0.2, 0) is 0 Å². The van der Waals surface area contributed by atoms with E-state index in [0.29, 0.717) is 0 Å². The van der Waals surface area contributed by atoms with Gasteiger partial charge in [0.25, 0.3) is 0 Å². The van der Waals surface area contributed by atoms with Gasteiger partial charge < -0.3 is 10.2 Å². The molecule has 1 unspecified atom stereocenters. The highest BCUT2D eigenvalue weighted by Gasteiger charge is 2.12. The third-order valence-corrected chi connectivity index (χ3v) is 3.33. The molecule has 0 saturated heterocycles. The first-order valence-corrected chi connectivity index (χ1v) is 6.65. The fraction of sp³-hybridized carbons (Fsp3) is 0.375. The van der Waals surface area contributed by atoms with Gasteiger partial charge in [-0.2, -0.15) is 0 Å². The van der Waals surface area contributed by atoms with E-state index < -0.39 is 0 Å². The lowest BCUT2D eigenvalue weighted by molar-refractivity contribution is 0.557. The minimum Gasteiger partial charge on any atom is -0.464 e. The zero-order valence-electron chi connectivity index (χ0n) is 10.8. The van der Waals surface area contributed by atoms with Crippen LogP contribution in [0.3, 0.4) is 0 Å². The van der Waals surface area contributed by atoms with Crippen molar-refractivity contribution in [2.45, 2.75) is 38.1 Å². The smallest absolute Gasteiger partial charge is 0.134 e. The number of fused-ring (bicyclic) bond motifs is 1. The Bertz CT molecular complexity index is 501. The minimum atomic E-state index is 0.0809. The van der Waals surface area contributed by atoms with Crippen molar-refractivity contribution in [2.75, 3.05) is 0 Å². The van der Waals surface area contributed by atoms with Gasteiger partial charge in [0.05, 0.1) is 6.26 Å². The largest absolute Gasteiger partial charge is 0.464 e. The normalized spacial score (nSPS) is 12.7. The van der Waals surface area contributed by atoms with Gasteiger partial charge in [-0.15, -0.1) is 6.58 Å². The molecule has 0 aliphatic heterocycles. The summed E-state index contributed by atoms with van der Waals surface area (Å²) in [6, 6.07) is 8.15. The molecule has 0 radical (unpaired) electrons. The van der Waals surface area contributed by atoms with E-state index in [0.717, 1.165) is 35.8 Å². The summed E-state index contributed by atoms with van der Waals surface area (Å²) in [7, 11) is 0. The van der Waals surface area contributed by atoms with Gasteiger partial charge in [0, 0.05) is 17.0 Å². The molecular weight excluding hydrogens is 222 g/mol. The quantitative estimate of drug-likeness (QED) is 0.571. The molecule has 2 nitrogen and oxygen atoms in total. The van der Waals surface area contributed by atoms with E-state index in [4.69, 9.17) is 10.2 Å². The summed E-state index contributed by atoms with van der Waals surface area (Å²) >= 11 is 0. The number of furan rings is 1. The Balaban J connectivity index is 1.92. The maximum absolute atomic E-state index is 6.24. The maximum atomic E-state index is 6.24. The molecule has 0 saturated carbocycles. The van der Waals surface area contributed by atoms with Crippen molar-refractivity contribution in [3.8, 4) is 0 Å². The molecule has 1 atom stereocenters. The Kier molecular flexibility index (Phi) is 4.59. The van der Waals surface area contributed by atoms with Crippen LogP contribution in [-0.4, -0.2) is 0 Å². The standard InChI is InChI=1S/C16H21NO/c1-2-3-4-5-6-10-15(17)14-12-18-16-11-8-7-9-13(14)16/h2,7-9,11-12,15H,1,3-6,10,17H2. The Morgan fingerprint density at radius 3 is 2.89 bits per heavy atom. The summed E-state index contributed by atoms with van der Waals surface area (Å²) in [5.74, 6) is 0. The van der Waals surface area contributed by atoms with Gasteiger partial charge in [-0.05, 0) is 25.3 Å².